The Balaban J connectivity index is 2.26. The number of hydrogen-bond acceptors (Lipinski definition) is 5. The molecule has 2 heterocycles. The minimum Gasteiger partial charge on any atom is -0.383 e. The van der Waals surface area contributed by atoms with E-state index in [0.29, 0.717) is 17.1 Å². The van der Waals surface area contributed by atoms with Crippen LogP contribution in [0.15, 0.2) is 52.1 Å². The number of aliphatic imine (C=N–C) groups is 1. The quantitative estimate of drug-likeness (QED) is 0.337. The van der Waals surface area contributed by atoms with Crippen molar-refractivity contribution in [2.45, 2.75) is 13.8 Å². The molecule has 0 saturated carbocycles. The standard InChI is InChI=1S/C15H18N4OS/c1-4-12(6-13-9(2)7-17-19-13)18-15(16)14-5-11(8-21-14)10(3)20/h4-6,8,17,19H,1,7H2,2-3H3,(H2,16,18)/b12-6+. The van der Waals surface area contributed by atoms with E-state index in [1.54, 1.807) is 17.5 Å². The van der Waals surface area contributed by atoms with E-state index in [1.165, 1.54) is 23.8 Å². The fraction of sp³-hybridized carbons (Fsp3) is 0.200. The highest BCUT2D eigenvalue weighted by Gasteiger charge is 2.09. The van der Waals surface area contributed by atoms with Crippen molar-refractivity contribution in [2.75, 3.05) is 6.54 Å². The Morgan fingerprint density at radius 1 is 1.57 bits per heavy atom. The number of hydrazine groups is 1. The van der Waals surface area contributed by atoms with Crippen LogP contribution >= 0.6 is 11.3 Å². The van der Waals surface area contributed by atoms with Crippen molar-refractivity contribution in [3.05, 3.63) is 57.6 Å². The second kappa shape index (κ2) is 6.51. The highest BCUT2D eigenvalue weighted by atomic mass is 32.1. The lowest BCUT2D eigenvalue weighted by Gasteiger charge is -2.01. The summed E-state index contributed by atoms with van der Waals surface area (Å²) < 4.78 is 0. The molecule has 1 aromatic heterocycles. The summed E-state index contributed by atoms with van der Waals surface area (Å²) in [6.45, 7) is 8.11. The smallest absolute Gasteiger partial charge is 0.160 e. The number of nitrogens with two attached hydrogens (primary N) is 1. The first-order valence-electron chi connectivity index (χ1n) is 6.48. The molecule has 0 aliphatic carbocycles. The largest absolute Gasteiger partial charge is 0.383 e. The minimum atomic E-state index is 0.0202. The average Bonchev–Trinajstić information content (AvgIpc) is 3.07. The molecule has 0 bridgehead atoms. The number of carbonyl (C=O) groups excluding carboxylic acids is 1. The number of nitrogens with zero attached hydrogens (tertiary/aromatic N) is 1. The Hall–Kier alpha value is -2.18. The highest BCUT2D eigenvalue weighted by molar-refractivity contribution is 7.12. The van der Waals surface area contributed by atoms with Gasteiger partial charge in [-0.2, -0.15) is 0 Å². The molecule has 21 heavy (non-hydrogen) atoms. The SMILES string of the molecule is C=C/C(=C\C1=C(C)CNN1)N=C(N)c1cc(C(C)=O)cs1. The van der Waals surface area contributed by atoms with Crippen molar-refractivity contribution in [2.24, 2.45) is 10.7 Å². The molecule has 1 aliphatic rings. The van der Waals surface area contributed by atoms with Gasteiger partial charge in [0.2, 0.25) is 0 Å². The number of amidine groups is 1. The Kier molecular flexibility index (Phi) is 4.72. The lowest BCUT2D eigenvalue weighted by Crippen LogP contribution is -2.23. The summed E-state index contributed by atoms with van der Waals surface area (Å²) in [6.07, 6.45) is 3.53. The van der Waals surface area contributed by atoms with Gasteiger partial charge in [0, 0.05) is 17.5 Å². The van der Waals surface area contributed by atoms with Crippen LogP contribution in [0.2, 0.25) is 0 Å². The summed E-state index contributed by atoms with van der Waals surface area (Å²) in [5, 5.41) is 1.78. The van der Waals surface area contributed by atoms with Crippen molar-refractivity contribution in [1.82, 2.24) is 10.9 Å². The zero-order chi connectivity index (χ0) is 15.4. The maximum Gasteiger partial charge on any atom is 0.160 e. The van der Waals surface area contributed by atoms with E-state index < -0.39 is 0 Å². The maximum absolute atomic E-state index is 11.3. The van der Waals surface area contributed by atoms with Crippen LogP contribution in [0.5, 0.6) is 0 Å². The van der Waals surface area contributed by atoms with Crippen molar-refractivity contribution in [3.63, 3.8) is 0 Å². The number of hydrogen-bond donors (Lipinski definition) is 3. The van der Waals surface area contributed by atoms with Crippen LogP contribution in [0.1, 0.15) is 29.1 Å². The molecule has 0 radical (unpaired) electrons. The van der Waals surface area contributed by atoms with E-state index in [1.807, 2.05) is 13.0 Å². The van der Waals surface area contributed by atoms with E-state index in [9.17, 15) is 4.79 Å². The van der Waals surface area contributed by atoms with E-state index in [4.69, 9.17) is 5.73 Å². The molecule has 0 amide bonds. The van der Waals surface area contributed by atoms with Crippen molar-refractivity contribution < 1.29 is 4.79 Å². The van der Waals surface area contributed by atoms with Crippen LogP contribution in [0.4, 0.5) is 0 Å². The van der Waals surface area contributed by atoms with E-state index in [-0.39, 0.29) is 5.78 Å². The number of nitrogens with one attached hydrogen (secondary N) is 2. The third-order valence-corrected chi connectivity index (χ3v) is 4.00. The molecule has 2 rings (SSSR count). The number of rotatable bonds is 5. The molecule has 1 aromatic rings. The fourth-order valence-electron chi connectivity index (χ4n) is 1.77. The Morgan fingerprint density at radius 3 is 2.86 bits per heavy atom. The predicted octanol–water partition coefficient (Wildman–Crippen LogP) is 2.11. The van der Waals surface area contributed by atoms with Gasteiger partial charge in [-0.15, -0.1) is 11.3 Å². The minimum absolute atomic E-state index is 0.0202. The van der Waals surface area contributed by atoms with Gasteiger partial charge in [-0.1, -0.05) is 6.58 Å². The summed E-state index contributed by atoms with van der Waals surface area (Å²) in [5.41, 5.74) is 15.6. The first kappa shape index (κ1) is 15.2. The molecule has 0 fully saturated rings. The van der Waals surface area contributed by atoms with Crippen molar-refractivity contribution in [1.29, 1.82) is 0 Å². The van der Waals surface area contributed by atoms with Crippen LogP contribution in [-0.2, 0) is 0 Å². The lowest BCUT2D eigenvalue weighted by molar-refractivity contribution is 0.101. The van der Waals surface area contributed by atoms with E-state index in [2.05, 4.69) is 22.4 Å². The van der Waals surface area contributed by atoms with Gasteiger partial charge in [-0.25, -0.2) is 10.4 Å². The third kappa shape index (κ3) is 3.68. The number of carbonyl (C=O) groups is 1. The van der Waals surface area contributed by atoms with Crippen LogP contribution in [-0.4, -0.2) is 18.2 Å². The molecule has 4 N–H and O–H groups in total. The second-order valence-corrected chi connectivity index (χ2v) is 5.61. The molecular formula is C15H18N4OS. The Morgan fingerprint density at radius 2 is 2.33 bits per heavy atom. The number of thiophene rings is 1. The molecule has 1 aliphatic heterocycles. The summed E-state index contributed by atoms with van der Waals surface area (Å²) in [7, 11) is 0. The zero-order valence-electron chi connectivity index (χ0n) is 12.1. The molecule has 6 heteroatoms. The average molecular weight is 302 g/mol. The maximum atomic E-state index is 11.3. The summed E-state index contributed by atoms with van der Waals surface area (Å²) in [6, 6.07) is 1.76. The summed E-state index contributed by atoms with van der Waals surface area (Å²) in [4.78, 5) is 16.4. The van der Waals surface area contributed by atoms with E-state index >= 15 is 0 Å². The topological polar surface area (TPSA) is 79.5 Å². The van der Waals surface area contributed by atoms with Crippen LogP contribution in [0, 0.1) is 0 Å². The fourth-order valence-corrected chi connectivity index (χ4v) is 2.62. The van der Waals surface area contributed by atoms with Gasteiger partial charge < -0.3 is 11.2 Å². The monoisotopic (exact) mass is 302 g/mol. The lowest BCUT2D eigenvalue weighted by atomic mass is 10.2. The number of ketones is 1. The summed E-state index contributed by atoms with van der Waals surface area (Å²) in [5.74, 6) is 0.398. The Bertz CT molecular complexity index is 667. The first-order valence-corrected chi connectivity index (χ1v) is 7.36. The number of allylic oxidation sites excluding steroid dienone is 2. The zero-order valence-corrected chi connectivity index (χ0v) is 12.9. The number of Topliss-reactive ketones (excluding diaryl/α,β-unsaturated/α-hetero) is 1. The van der Waals surface area contributed by atoms with Gasteiger partial charge in [0.05, 0.1) is 16.3 Å². The Labute approximate surface area is 127 Å². The highest BCUT2D eigenvalue weighted by Crippen LogP contribution is 2.17. The molecule has 0 saturated heterocycles. The molecule has 0 spiro atoms. The van der Waals surface area contributed by atoms with Gasteiger partial charge in [-0.3, -0.25) is 4.79 Å². The van der Waals surface area contributed by atoms with Crippen molar-refractivity contribution in [3.8, 4) is 0 Å². The molecule has 110 valence electrons. The van der Waals surface area contributed by atoms with Gasteiger partial charge in [0.1, 0.15) is 5.84 Å². The van der Waals surface area contributed by atoms with Crippen LogP contribution in [0.25, 0.3) is 0 Å². The second-order valence-electron chi connectivity index (χ2n) is 4.70. The molecule has 0 unspecified atom stereocenters. The van der Waals surface area contributed by atoms with Gasteiger partial charge in [0.15, 0.2) is 5.78 Å². The van der Waals surface area contributed by atoms with Gasteiger partial charge in [-0.05, 0) is 37.6 Å². The van der Waals surface area contributed by atoms with Crippen molar-refractivity contribution >= 4 is 23.0 Å². The van der Waals surface area contributed by atoms with Crippen LogP contribution in [0.3, 0.4) is 0 Å². The molecule has 0 aromatic carbocycles. The molecule has 0 atom stereocenters. The summed E-state index contributed by atoms with van der Waals surface area (Å²) >= 11 is 1.40. The van der Waals surface area contributed by atoms with Gasteiger partial charge >= 0.3 is 0 Å². The normalized spacial score (nSPS) is 16.1. The molecular weight excluding hydrogens is 284 g/mol. The first-order chi connectivity index (χ1) is 10.0. The third-order valence-electron chi connectivity index (χ3n) is 3.05. The van der Waals surface area contributed by atoms with E-state index in [0.717, 1.165) is 17.1 Å². The van der Waals surface area contributed by atoms with Crippen LogP contribution < -0.4 is 16.6 Å². The predicted molar refractivity (Wildman–Crippen MR) is 87.2 cm³/mol. The molecule has 5 nitrogen and oxygen atoms in total. The van der Waals surface area contributed by atoms with Gasteiger partial charge in [0.25, 0.3) is 0 Å².